The van der Waals surface area contributed by atoms with Gasteiger partial charge in [-0.3, -0.25) is 9.36 Å². The van der Waals surface area contributed by atoms with E-state index in [-0.39, 0.29) is 22.8 Å². The van der Waals surface area contributed by atoms with Crippen LogP contribution in [-0.4, -0.2) is 25.9 Å². The van der Waals surface area contributed by atoms with Crippen molar-refractivity contribution < 1.29 is 33.7 Å². The molecule has 206 valence electrons. The minimum Gasteiger partial charge on any atom is -0.508 e. The van der Waals surface area contributed by atoms with Gasteiger partial charge in [0.1, 0.15) is 11.6 Å². The lowest BCUT2D eigenvalue weighted by Crippen LogP contribution is -2.55. The van der Waals surface area contributed by atoms with E-state index in [1.807, 2.05) is 36.4 Å². The molecule has 0 saturated carbocycles. The molecule has 1 fully saturated rings. The van der Waals surface area contributed by atoms with Crippen LogP contribution in [0.5, 0.6) is 5.75 Å². The molecule has 0 spiro atoms. The highest BCUT2D eigenvalue weighted by molar-refractivity contribution is 7.60. The van der Waals surface area contributed by atoms with Crippen LogP contribution in [0.4, 0.5) is 10.1 Å². The largest absolute Gasteiger partial charge is 0.508 e. The lowest BCUT2D eigenvalue weighted by Gasteiger charge is -2.48. The van der Waals surface area contributed by atoms with Crippen molar-refractivity contribution in [3.05, 3.63) is 114 Å². The van der Waals surface area contributed by atoms with E-state index in [1.165, 1.54) is 24.3 Å². The highest BCUT2D eigenvalue weighted by atomic mass is 31.2. The number of anilines is 1. The number of carbonyl (C=O) groups is 1. The molecule has 1 aliphatic rings. The molecular formula is C31H29FNO6P. The van der Waals surface area contributed by atoms with Crippen LogP contribution in [0, 0.1) is 11.7 Å². The number of phenolic OH excluding ortho intramolecular Hbond substituents is 1. The molecule has 4 aromatic rings. The molecule has 5 rings (SSSR count). The molecule has 0 unspecified atom stereocenters. The molecule has 1 heterocycles. The van der Waals surface area contributed by atoms with Gasteiger partial charge in [-0.15, -0.1) is 0 Å². The SMILES string of the molecule is O=C1[C@H](CCC[C@H](O)c2ccc(F)cc2)[C@@H](c2ccc(-c3ccc(P(=O)(O)O)cc3)cc2O)N1c1ccccc1. The number of halogens is 1. The molecule has 7 nitrogen and oxygen atoms in total. The Morgan fingerprint density at radius 1 is 0.875 bits per heavy atom. The minimum absolute atomic E-state index is 0.00587. The summed E-state index contributed by atoms with van der Waals surface area (Å²) in [4.78, 5) is 33.7. The summed E-state index contributed by atoms with van der Waals surface area (Å²) >= 11 is 0. The van der Waals surface area contributed by atoms with Gasteiger partial charge in [0.25, 0.3) is 0 Å². The first-order chi connectivity index (χ1) is 19.1. The van der Waals surface area contributed by atoms with Crippen LogP contribution < -0.4 is 10.2 Å². The molecule has 1 saturated heterocycles. The van der Waals surface area contributed by atoms with Gasteiger partial charge in [0.05, 0.1) is 23.4 Å². The molecular weight excluding hydrogens is 532 g/mol. The number of aliphatic hydroxyl groups is 1. The molecule has 9 heteroatoms. The number of hydrogen-bond acceptors (Lipinski definition) is 4. The van der Waals surface area contributed by atoms with Gasteiger partial charge in [-0.1, -0.05) is 54.6 Å². The molecule has 0 aromatic heterocycles. The number of hydrogen-bond donors (Lipinski definition) is 4. The fourth-order valence-corrected chi connectivity index (χ4v) is 5.80. The van der Waals surface area contributed by atoms with E-state index < -0.39 is 25.7 Å². The van der Waals surface area contributed by atoms with Crippen LogP contribution in [-0.2, 0) is 9.36 Å². The first kappa shape index (κ1) is 27.7. The van der Waals surface area contributed by atoms with E-state index in [1.54, 1.807) is 41.3 Å². The fraction of sp³-hybridized carbons (Fsp3) is 0.194. The summed E-state index contributed by atoms with van der Waals surface area (Å²) in [5.74, 6) is -0.834. The Balaban J connectivity index is 1.37. The van der Waals surface area contributed by atoms with Crippen molar-refractivity contribution in [2.24, 2.45) is 5.92 Å². The van der Waals surface area contributed by atoms with Crippen LogP contribution in [0.3, 0.4) is 0 Å². The second-order valence-corrected chi connectivity index (χ2v) is 11.6. The Hall–Kier alpha value is -3.81. The average Bonchev–Trinajstić information content (AvgIpc) is 2.94. The number of aromatic hydroxyl groups is 1. The molecule has 4 N–H and O–H groups in total. The number of β-lactam (4-membered cyclic amide) rings is 1. The maximum absolute atomic E-state index is 13.3. The van der Waals surface area contributed by atoms with Gasteiger partial charge in [-0.25, -0.2) is 4.39 Å². The van der Waals surface area contributed by atoms with Crippen molar-refractivity contribution in [3.63, 3.8) is 0 Å². The van der Waals surface area contributed by atoms with Crippen molar-refractivity contribution in [2.45, 2.75) is 31.4 Å². The predicted molar refractivity (Wildman–Crippen MR) is 151 cm³/mol. The van der Waals surface area contributed by atoms with E-state index >= 15 is 0 Å². The molecule has 40 heavy (non-hydrogen) atoms. The smallest absolute Gasteiger partial charge is 0.356 e. The fourth-order valence-electron chi connectivity index (χ4n) is 5.27. The standard InChI is InChI=1S/C31H29FNO6P/c32-23-14-9-21(10-15-23)28(34)8-4-7-27-30(33(31(27)36)24-5-2-1-3-6-24)26-18-13-22(19-29(26)35)20-11-16-25(17-12-20)40(37,38)39/h1-3,5-6,9-19,27-28,30,34-35H,4,7-8H2,(H2,37,38,39)/t27-,28+,30-/m1/s1. The quantitative estimate of drug-likeness (QED) is 0.156. The Bertz CT molecular complexity index is 1540. The van der Waals surface area contributed by atoms with E-state index in [2.05, 4.69) is 0 Å². The van der Waals surface area contributed by atoms with Crippen LogP contribution in [0.25, 0.3) is 11.1 Å². The Morgan fingerprint density at radius 3 is 2.15 bits per heavy atom. The average molecular weight is 562 g/mol. The van der Waals surface area contributed by atoms with Crippen LogP contribution in [0.15, 0.2) is 97.1 Å². The first-order valence-corrected chi connectivity index (χ1v) is 14.6. The summed E-state index contributed by atoms with van der Waals surface area (Å²) in [6, 6.07) is 25.6. The van der Waals surface area contributed by atoms with Gasteiger partial charge in [0.2, 0.25) is 5.91 Å². The molecule has 1 aliphatic heterocycles. The molecule has 0 bridgehead atoms. The number of benzene rings is 4. The molecule has 4 aromatic carbocycles. The number of aliphatic hydroxyl groups excluding tert-OH is 1. The number of rotatable bonds is 9. The number of phenols is 1. The summed E-state index contributed by atoms with van der Waals surface area (Å²) < 4.78 is 24.7. The maximum atomic E-state index is 13.3. The van der Waals surface area contributed by atoms with Gasteiger partial charge < -0.3 is 24.9 Å². The van der Waals surface area contributed by atoms with Crippen molar-refractivity contribution in [3.8, 4) is 16.9 Å². The molecule has 0 aliphatic carbocycles. The second kappa shape index (κ2) is 11.4. The highest BCUT2D eigenvalue weighted by Gasteiger charge is 2.49. The Morgan fingerprint density at radius 2 is 1.52 bits per heavy atom. The third-order valence-corrected chi connectivity index (χ3v) is 8.35. The Kier molecular flexibility index (Phi) is 7.88. The Labute approximate surface area is 231 Å². The predicted octanol–water partition coefficient (Wildman–Crippen LogP) is 5.61. The lowest BCUT2D eigenvalue weighted by molar-refractivity contribution is -0.130. The van der Waals surface area contributed by atoms with Gasteiger partial charge >= 0.3 is 7.60 Å². The third kappa shape index (κ3) is 5.71. The van der Waals surface area contributed by atoms with E-state index in [9.17, 15) is 33.7 Å². The zero-order chi connectivity index (χ0) is 28.4. The van der Waals surface area contributed by atoms with Gasteiger partial charge in [-0.2, -0.15) is 0 Å². The van der Waals surface area contributed by atoms with E-state index in [0.717, 1.165) is 5.69 Å². The molecule has 1 amide bonds. The maximum Gasteiger partial charge on any atom is 0.356 e. The minimum atomic E-state index is -4.36. The number of para-hydroxylation sites is 1. The van der Waals surface area contributed by atoms with Crippen molar-refractivity contribution in [1.29, 1.82) is 0 Å². The van der Waals surface area contributed by atoms with Gasteiger partial charge in [-0.05, 0) is 78.4 Å². The lowest BCUT2D eigenvalue weighted by atomic mass is 9.78. The normalized spacial score (nSPS) is 17.9. The number of nitrogens with zero attached hydrogens (tertiary/aromatic N) is 1. The summed E-state index contributed by atoms with van der Waals surface area (Å²) in [5.41, 5.74) is 3.26. The summed E-state index contributed by atoms with van der Waals surface area (Å²) in [6.45, 7) is 0. The van der Waals surface area contributed by atoms with Gasteiger partial charge in [0.15, 0.2) is 0 Å². The van der Waals surface area contributed by atoms with E-state index in [4.69, 9.17) is 0 Å². The number of amides is 1. The van der Waals surface area contributed by atoms with Crippen LogP contribution >= 0.6 is 7.60 Å². The van der Waals surface area contributed by atoms with Crippen molar-refractivity contribution in [2.75, 3.05) is 4.90 Å². The third-order valence-electron chi connectivity index (χ3n) is 7.38. The summed E-state index contributed by atoms with van der Waals surface area (Å²) in [5, 5.41) is 21.5. The second-order valence-electron chi connectivity index (χ2n) is 9.96. The monoisotopic (exact) mass is 561 g/mol. The molecule has 3 atom stereocenters. The molecule has 0 radical (unpaired) electrons. The topological polar surface area (TPSA) is 118 Å². The highest BCUT2D eigenvalue weighted by Crippen LogP contribution is 2.48. The van der Waals surface area contributed by atoms with Crippen LogP contribution in [0.1, 0.15) is 42.5 Å². The van der Waals surface area contributed by atoms with Crippen LogP contribution in [0.2, 0.25) is 0 Å². The van der Waals surface area contributed by atoms with Crippen molar-refractivity contribution in [1.82, 2.24) is 0 Å². The number of carbonyl (C=O) groups excluding carboxylic acids is 1. The zero-order valence-corrected chi connectivity index (χ0v) is 22.4. The van der Waals surface area contributed by atoms with Gasteiger partial charge in [0, 0.05) is 11.3 Å². The summed E-state index contributed by atoms with van der Waals surface area (Å²) in [6.07, 6.45) is 0.682. The zero-order valence-electron chi connectivity index (χ0n) is 21.5. The first-order valence-electron chi connectivity index (χ1n) is 12.9. The van der Waals surface area contributed by atoms with E-state index in [0.29, 0.717) is 41.5 Å². The summed E-state index contributed by atoms with van der Waals surface area (Å²) in [7, 11) is -4.36. The van der Waals surface area contributed by atoms with Crippen molar-refractivity contribution >= 4 is 24.5 Å².